The van der Waals surface area contributed by atoms with Crippen LogP contribution in [0.4, 0.5) is 0 Å². The van der Waals surface area contributed by atoms with Gasteiger partial charge in [0, 0.05) is 19.1 Å². The summed E-state index contributed by atoms with van der Waals surface area (Å²) in [5, 5.41) is 6.45. The fourth-order valence-corrected chi connectivity index (χ4v) is 2.64. The molecule has 0 spiro atoms. The van der Waals surface area contributed by atoms with Crippen molar-refractivity contribution in [1.29, 1.82) is 0 Å². The van der Waals surface area contributed by atoms with Gasteiger partial charge in [0.25, 0.3) is 0 Å². The van der Waals surface area contributed by atoms with Gasteiger partial charge in [-0.1, -0.05) is 6.92 Å². The quantitative estimate of drug-likeness (QED) is 0.719. The number of likely N-dealkylation sites (tertiary alicyclic amines) is 1. The second-order valence-electron chi connectivity index (χ2n) is 5.33. The Morgan fingerprint density at radius 1 is 1.44 bits per heavy atom. The summed E-state index contributed by atoms with van der Waals surface area (Å²) >= 11 is 0. The lowest BCUT2D eigenvalue weighted by Gasteiger charge is -2.35. The van der Waals surface area contributed by atoms with Crippen molar-refractivity contribution in [2.45, 2.75) is 46.1 Å². The second-order valence-corrected chi connectivity index (χ2v) is 5.33. The fraction of sp³-hybridized carbons (Fsp3) is 0.929. The van der Waals surface area contributed by atoms with Gasteiger partial charge in [-0.05, 0) is 52.1 Å². The van der Waals surface area contributed by atoms with Crippen molar-refractivity contribution < 1.29 is 4.79 Å². The Balaban J connectivity index is 2.33. The Morgan fingerprint density at radius 2 is 2.22 bits per heavy atom. The number of carbonyl (C=O) groups excluding carboxylic acids is 1. The highest BCUT2D eigenvalue weighted by Crippen LogP contribution is 2.19. The maximum absolute atomic E-state index is 11.6. The lowest BCUT2D eigenvalue weighted by molar-refractivity contribution is -0.122. The molecule has 1 aliphatic heterocycles. The monoisotopic (exact) mass is 255 g/mol. The van der Waals surface area contributed by atoms with E-state index in [2.05, 4.69) is 29.4 Å². The van der Waals surface area contributed by atoms with Gasteiger partial charge in [-0.15, -0.1) is 0 Å². The van der Waals surface area contributed by atoms with Crippen LogP contribution in [0, 0.1) is 5.92 Å². The van der Waals surface area contributed by atoms with Crippen molar-refractivity contribution in [1.82, 2.24) is 15.5 Å². The topological polar surface area (TPSA) is 44.4 Å². The van der Waals surface area contributed by atoms with Crippen molar-refractivity contribution in [3.8, 4) is 0 Å². The van der Waals surface area contributed by atoms with Gasteiger partial charge < -0.3 is 10.6 Å². The number of hydrogen-bond acceptors (Lipinski definition) is 3. The zero-order valence-corrected chi connectivity index (χ0v) is 12.2. The molecule has 0 radical (unpaired) electrons. The molecule has 4 heteroatoms. The predicted molar refractivity (Wildman–Crippen MR) is 75.6 cm³/mol. The highest BCUT2D eigenvalue weighted by atomic mass is 16.2. The van der Waals surface area contributed by atoms with E-state index in [1.54, 1.807) is 0 Å². The van der Waals surface area contributed by atoms with Crippen LogP contribution >= 0.6 is 0 Å². The van der Waals surface area contributed by atoms with E-state index in [0.29, 0.717) is 18.5 Å². The minimum Gasteiger partial charge on any atom is -0.355 e. The summed E-state index contributed by atoms with van der Waals surface area (Å²) in [5.74, 6) is 0.840. The van der Waals surface area contributed by atoms with Gasteiger partial charge >= 0.3 is 0 Å². The Kier molecular flexibility index (Phi) is 7.28. The van der Waals surface area contributed by atoms with Crippen LogP contribution in [0.25, 0.3) is 0 Å². The molecule has 0 aromatic carbocycles. The fourth-order valence-electron chi connectivity index (χ4n) is 2.64. The van der Waals surface area contributed by atoms with Gasteiger partial charge in [-0.2, -0.15) is 0 Å². The molecule has 0 aromatic heterocycles. The van der Waals surface area contributed by atoms with Gasteiger partial charge in [0.2, 0.25) is 5.91 Å². The van der Waals surface area contributed by atoms with Crippen LogP contribution in [-0.4, -0.2) is 49.6 Å². The number of carbonyl (C=O) groups is 1. The molecule has 0 bridgehead atoms. The average molecular weight is 255 g/mol. The zero-order valence-electron chi connectivity index (χ0n) is 12.2. The maximum atomic E-state index is 11.6. The molecule has 0 aliphatic carbocycles. The van der Waals surface area contributed by atoms with Crippen LogP contribution in [0.2, 0.25) is 0 Å². The summed E-state index contributed by atoms with van der Waals surface area (Å²) in [6.45, 7) is 10.9. The molecule has 1 amide bonds. The maximum Gasteiger partial charge on any atom is 0.234 e. The molecule has 1 saturated heterocycles. The largest absolute Gasteiger partial charge is 0.355 e. The van der Waals surface area contributed by atoms with E-state index in [4.69, 9.17) is 0 Å². The number of likely N-dealkylation sites (N-methyl/N-ethyl adjacent to an activating group) is 1. The minimum absolute atomic E-state index is 0.160. The summed E-state index contributed by atoms with van der Waals surface area (Å²) in [6, 6.07) is 0.557. The predicted octanol–water partition coefficient (Wildman–Crippen LogP) is 1.22. The normalized spacial score (nSPS) is 22.7. The van der Waals surface area contributed by atoms with E-state index in [-0.39, 0.29) is 5.91 Å². The minimum atomic E-state index is 0.160. The molecule has 106 valence electrons. The first-order valence-electron chi connectivity index (χ1n) is 7.39. The van der Waals surface area contributed by atoms with Gasteiger partial charge in [-0.25, -0.2) is 0 Å². The van der Waals surface area contributed by atoms with Crippen LogP contribution < -0.4 is 10.6 Å². The van der Waals surface area contributed by atoms with Crippen molar-refractivity contribution in [3.63, 3.8) is 0 Å². The van der Waals surface area contributed by atoms with E-state index in [9.17, 15) is 4.79 Å². The Labute approximate surface area is 111 Å². The Hall–Kier alpha value is -0.610. The SMILES string of the molecule is CCCNC(C)C1CCCN(CC(=O)NCC)C1. The summed E-state index contributed by atoms with van der Waals surface area (Å²) in [5.41, 5.74) is 0. The molecular formula is C14H29N3O. The third kappa shape index (κ3) is 5.36. The number of hydrogen-bond donors (Lipinski definition) is 2. The molecule has 18 heavy (non-hydrogen) atoms. The van der Waals surface area contributed by atoms with Gasteiger partial charge in [0.05, 0.1) is 6.54 Å². The first kappa shape index (κ1) is 15.4. The van der Waals surface area contributed by atoms with Crippen LogP contribution in [0.15, 0.2) is 0 Å². The van der Waals surface area contributed by atoms with Crippen molar-refractivity contribution >= 4 is 5.91 Å². The van der Waals surface area contributed by atoms with Crippen molar-refractivity contribution in [2.75, 3.05) is 32.7 Å². The van der Waals surface area contributed by atoms with Gasteiger partial charge in [-0.3, -0.25) is 9.69 Å². The number of rotatable bonds is 7. The highest BCUT2D eigenvalue weighted by molar-refractivity contribution is 5.77. The summed E-state index contributed by atoms with van der Waals surface area (Å²) in [4.78, 5) is 13.9. The van der Waals surface area contributed by atoms with Crippen molar-refractivity contribution in [3.05, 3.63) is 0 Å². The van der Waals surface area contributed by atoms with Crippen LogP contribution in [0.1, 0.15) is 40.0 Å². The lowest BCUT2D eigenvalue weighted by Crippen LogP contribution is -2.47. The van der Waals surface area contributed by atoms with Crippen LogP contribution in [-0.2, 0) is 4.79 Å². The standard InChI is InChI=1S/C14H29N3O/c1-4-8-16-12(3)13-7-6-9-17(10-13)11-14(18)15-5-2/h12-13,16H,4-11H2,1-3H3,(H,15,18). The molecule has 2 N–H and O–H groups in total. The second kappa shape index (κ2) is 8.48. The Bertz CT molecular complexity index is 245. The summed E-state index contributed by atoms with van der Waals surface area (Å²) in [6.07, 6.45) is 3.67. The van der Waals surface area contributed by atoms with Gasteiger partial charge in [0.1, 0.15) is 0 Å². The van der Waals surface area contributed by atoms with E-state index in [1.807, 2.05) is 6.92 Å². The Morgan fingerprint density at radius 3 is 2.89 bits per heavy atom. The van der Waals surface area contributed by atoms with Crippen LogP contribution in [0.5, 0.6) is 0 Å². The summed E-state index contributed by atoms with van der Waals surface area (Å²) in [7, 11) is 0. The number of nitrogens with one attached hydrogen (secondary N) is 2. The third-order valence-corrected chi connectivity index (χ3v) is 3.71. The number of nitrogens with zero attached hydrogens (tertiary/aromatic N) is 1. The summed E-state index contributed by atoms with van der Waals surface area (Å²) < 4.78 is 0. The number of piperidine rings is 1. The van der Waals surface area contributed by atoms with E-state index in [1.165, 1.54) is 19.3 Å². The molecule has 4 nitrogen and oxygen atoms in total. The number of amides is 1. The zero-order chi connectivity index (χ0) is 13.4. The van der Waals surface area contributed by atoms with Crippen molar-refractivity contribution in [2.24, 2.45) is 5.92 Å². The smallest absolute Gasteiger partial charge is 0.234 e. The molecule has 2 unspecified atom stereocenters. The van der Waals surface area contributed by atoms with Gasteiger partial charge in [0.15, 0.2) is 0 Å². The van der Waals surface area contributed by atoms with E-state index in [0.717, 1.165) is 26.2 Å². The molecule has 1 fully saturated rings. The molecular weight excluding hydrogens is 226 g/mol. The molecule has 1 rings (SSSR count). The molecule has 0 saturated carbocycles. The third-order valence-electron chi connectivity index (χ3n) is 3.71. The van der Waals surface area contributed by atoms with Crippen LogP contribution in [0.3, 0.4) is 0 Å². The first-order valence-corrected chi connectivity index (χ1v) is 7.39. The molecule has 1 heterocycles. The molecule has 0 aromatic rings. The highest BCUT2D eigenvalue weighted by Gasteiger charge is 2.25. The first-order chi connectivity index (χ1) is 8.67. The van der Waals surface area contributed by atoms with E-state index < -0.39 is 0 Å². The van der Waals surface area contributed by atoms with E-state index >= 15 is 0 Å². The lowest BCUT2D eigenvalue weighted by atomic mass is 9.91. The molecule has 1 aliphatic rings. The molecule has 2 atom stereocenters. The average Bonchev–Trinajstić information content (AvgIpc) is 2.36.